The molecule has 11 heteroatoms. The van der Waals surface area contributed by atoms with Crippen molar-refractivity contribution in [2.75, 3.05) is 10.6 Å². The van der Waals surface area contributed by atoms with Gasteiger partial charge >= 0.3 is 0 Å². The van der Waals surface area contributed by atoms with E-state index < -0.39 is 11.2 Å². The van der Waals surface area contributed by atoms with Gasteiger partial charge in [-0.05, 0) is 43.9 Å². The van der Waals surface area contributed by atoms with Crippen LogP contribution in [0.1, 0.15) is 39.9 Å². The quantitative estimate of drug-likeness (QED) is 0.450. The Balaban J connectivity index is 1.36. The number of aryl methyl sites for hydroxylation is 1. The molecule has 1 atom stereocenters. The fourth-order valence-electron chi connectivity index (χ4n) is 3.08. The first-order valence-corrected chi connectivity index (χ1v) is 11.5. The summed E-state index contributed by atoms with van der Waals surface area (Å²) < 4.78 is 5.95. The average Bonchev–Trinajstić information content (AvgIpc) is 3.44. The molecule has 2 amide bonds. The molecule has 0 bridgehead atoms. The van der Waals surface area contributed by atoms with Gasteiger partial charge in [0, 0.05) is 4.88 Å². The van der Waals surface area contributed by atoms with E-state index in [1.165, 1.54) is 34.4 Å². The molecule has 4 N–H and O–H groups in total. The summed E-state index contributed by atoms with van der Waals surface area (Å²) in [5.41, 5.74) is 7.02. The molecule has 0 saturated carbocycles. The normalized spacial score (nSPS) is 13.8. The number of hydrogen-bond acceptors (Lipinski definition) is 9. The third-order valence-corrected chi connectivity index (χ3v) is 7.72. The first kappa shape index (κ1) is 19.9. The molecule has 4 rings (SSSR count). The van der Waals surface area contributed by atoms with Gasteiger partial charge in [0.25, 0.3) is 5.91 Å². The molecule has 152 valence electrons. The summed E-state index contributed by atoms with van der Waals surface area (Å²) in [5.74, 6) is 0.115. The van der Waals surface area contributed by atoms with Crippen molar-refractivity contribution in [3.63, 3.8) is 0 Å². The number of carbonyl (C=O) groups is 2. The molecular formula is C18H19N5O3S3. The SMILES string of the molecule is CC(Sc1nnc(NCc2ccco2)s1)C(=O)Nc1sc2c(c1C(N)=O)CCC2. The molecule has 0 radical (unpaired) electrons. The van der Waals surface area contributed by atoms with Gasteiger partial charge in [-0.2, -0.15) is 0 Å². The molecule has 0 saturated heterocycles. The van der Waals surface area contributed by atoms with Crippen LogP contribution in [0.25, 0.3) is 0 Å². The Kier molecular flexibility index (Phi) is 5.88. The van der Waals surface area contributed by atoms with Crippen LogP contribution in [-0.2, 0) is 24.2 Å². The van der Waals surface area contributed by atoms with Gasteiger partial charge in [-0.15, -0.1) is 21.5 Å². The van der Waals surface area contributed by atoms with Gasteiger partial charge in [0.1, 0.15) is 10.8 Å². The molecule has 1 aliphatic carbocycles. The minimum absolute atomic E-state index is 0.197. The summed E-state index contributed by atoms with van der Waals surface area (Å²) in [7, 11) is 0. The fourth-order valence-corrected chi connectivity index (χ4v) is 6.27. The standard InChI is InChI=1S/C18H19N5O3S3/c1-9(27-18-23-22-17(29-18)20-8-10-4-3-7-26-10)15(25)21-16-13(14(19)24)11-5-2-6-12(11)28-16/h3-4,7,9H,2,5-6,8H2,1H3,(H2,19,24)(H,20,22)(H,21,25). The van der Waals surface area contributed by atoms with Crippen LogP contribution < -0.4 is 16.4 Å². The molecule has 0 spiro atoms. The largest absolute Gasteiger partial charge is 0.467 e. The Morgan fingerprint density at radius 2 is 2.21 bits per heavy atom. The van der Waals surface area contributed by atoms with E-state index in [0.29, 0.717) is 26.6 Å². The Bertz CT molecular complexity index is 1030. The summed E-state index contributed by atoms with van der Waals surface area (Å²) in [5, 5.41) is 15.0. The second-order valence-electron chi connectivity index (χ2n) is 6.48. The zero-order chi connectivity index (χ0) is 20.4. The summed E-state index contributed by atoms with van der Waals surface area (Å²) >= 11 is 4.14. The number of amides is 2. The van der Waals surface area contributed by atoms with Crippen molar-refractivity contribution < 1.29 is 14.0 Å². The zero-order valence-electron chi connectivity index (χ0n) is 15.6. The van der Waals surface area contributed by atoms with Crippen molar-refractivity contribution >= 4 is 56.4 Å². The lowest BCUT2D eigenvalue weighted by molar-refractivity contribution is -0.115. The number of nitrogens with one attached hydrogen (secondary N) is 2. The highest BCUT2D eigenvalue weighted by Gasteiger charge is 2.27. The molecule has 1 unspecified atom stereocenters. The molecule has 1 aliphatic rings. The van der Waals surface area contributed by atoms with Crippen LogP contribution >= 0.6 is 34.4 Å². The Labute approximate surface area is 179 Å². The predicted molar refractivity (Wildman–Crippen MR) is 115 cm³/mol. The predicted octanol–water partition coefficient (Wildman–Crippen LogP) is 3.51. The molecule has 0 aromatic carbocycles. The van der Waals surface area contributed by atoms with E-state index in [1.54, 1.807) is 13.2 Å². The van der Waals surface area contributed by atoms with Crippen LogP contribution in [0.4, 0.5) is 10.1 Å². The van der Waals surface area contributed by atoms with Gasteiger partial charge < -0.3 is 20.8 Å². The summed E-state index contributed by atoms with van der Waals surface area (Å²) in [6.45, 7) is 2.31. The van der Waals surface area contributed by atoms with Gasteiger partial charge in [-0.3, -0.25) is 9.59 Å². The summed E-state index contributed by atoms with van der Waals surface area (Å²) in [6.07, 6.45) is 4.40. The van der Waals surface area contributed by atoms with Gasteiger partial charge in [-0.1, -0.05) is 23.1 Å². The minimum Gasteiger partial charge on any atom is -0.467 e. The van der Waals surface area contributed by atoms with Crippen LogP contribution in [0.2, 0.25) is 0 Å². The number of fused-ring (bicyclic) bond motifs is 1. The number of aromatic nitrogens is 2. The van der Waals surface area contributed by atoms with E-state index in [4.69, 9.17) is 10.2 Å². The number of primary amides is 1. The third kappa shape index (κ3) is 4.46. The van der Waals surface area contributed by atoms with Crippen LogP contribution in [-0.4, -0.2) is 27.3 Å². The monoisotopic (exact) mass is 449 g/mol. The molecule has 0 aliphatic heterocycles. The van der Waals surface area contributed by atoms with Gasteiger partial charge in [0.15, 0.2) is 4.34 Å². The fraction of sp³-hybridized carbons (Fsp3) is 0.333. The first-order valence-electron chi connectivity index (χ1n) is 9.03. The highest BCUT2D eigenvalue weighted by molar-refractivity contribution is 8.02. The Morgan fingerprint density at radius 3 is 2.97 bits per heavy atom. The molecule has 3 heterocycles. The maximum absolute atomic E-state index is 12.7. The van der Waals surface area contributed by atoms with E-state index >= 15 is 0 Å². The van der Waals surface area contributed by atoms with E-state index in [2.05, 4.69) is 20.8 Å². The lowest BCUT2D eigenvalue weighted by Crippen LogP contribution is -2.24. The molecule has 3 aromatic heterocycles. The summed E-state index contributed by atoms with van der Waals surface area (Å²) in [6, 6.07) is 3.70. The van der Waals surface area contributed by atoms with Crippen molar-refractivity contribution in [3.8, 4) is 0 Å². The minimum atomic E-state index is -0.489. The van der Waals surface area contributed by atoms with Crippen molar-refractivity contribution in [2.45, 2.75) is 42.3 Å². The van der Waals surface area contributed by atoms with Crippen molar-refractivity contribution in [1.82, 2.24) is 10.2 Å². The average molecular weight is 450 g/mol. The maximum atomic E-state index is 12.7. The number of thioether (sulfide) groups is 1. The number of anilines is 2. The van der Waals surface area contributed by atoms with Crippen LogP contribution in [0, 0.1) is 0 Å². The highest BCUT2D eigenvalue weighted by Crippen LogP contribution is 2.39. The van der Waals surface area contributed by atoms with Crippen molar-refractivity contribution in [1.29, 1.82) is 0 Å². The Morgan fingerprint density at radius 1 is 1.34 bits per heavy atom. The van der Waals surface area contributed by atoms with E-state index in [9.17, 15) is 9.59 Å². The number of hydrogen-bond donors (Lipinski definition) is 3. The number of carbonyl (C=O) groups excluding carboxylic acids is 2. The highest BCUT2D eigenvalue weighted by atomic mass is 32.2. The number of nitrogens with two attached hydrogens (primary N) is 1. The van der Waals surface area contributed by atoms with Crippen molar-refractivity contribution in [2.24, 2.45) is 5.73 Å². The van der Waals surface area contributed by atoms with E-state index in [-0.39, 0.29) is 5.91 Å². The topological polar surface area (TPSA) is 123 Å². The van der Waals surface area contributed by atoms with E-state index in [1.807, 2.05) is 12.1 Å². The second-order valence-corrected chi connectivity index (χ2v) is 10.2. The third-order valence-electron chi connectivity index (χ3n) is 4.45. The van der Waals surface area contributed by atoms with Crippen LogP contribution in [0.3, 0.4) is 0 Å². The molecule has 3 aromatic rings. The van der Waals surface area contributed by atoms with Gasteiger partial charge in [-0.25, -0.2) is 0 Å². The number of furan rings is 1. The maximum Gasteiger partial charge on any atom is 0.251 e. The molecular weight excluding hydrogens is 430 g/mol. The Hall–Kier alpha value is -2.37. The number of nitrogens with zero attached hydrogens (tertiary/aromatic N) is 2. The molecule has 29 heavy (non-hydrogen) atoms. The molecule has 0 fully saturated rings. The lowest BCUT2D eigenvalue weighted by Gasteiger charge is -2.10. The second kappa shape index (κ2) is 8.56. The number of thiophene rings is 1. The lowest BCUT2D eigenvalue weighted by atomic mass is 10.1. The van der Waals surface area contributed by atoms with Gasteiger partial charge in [0.2, 0.25) is 11.0 Å². The van der Waals surface area contributed by atoms with Gasteiger partial charge in [0.05, 0.1) is 23.6 Å². The van der Waals surface area contributed by atoms with E-state index in [0.717, 1.165) is 35.5 Å². The first-order chi connectivity index (χ1) is 14.0. The van der Waals surface area contributed by atoms with Crippen LogP contribution in [0.5, 0.6) is 0 Å². The summed E-state index contributed by atoms with van der Waals surface area (Å²) in [4.78, 5) is 25.7. The molecule has 8 nitrogen and oxygen atoms in total. The van der Waals surface area contributed by atoms with Crippen molar-refractivity contribution in [3.05, 3.63) is 40.2 Å². The van der Waals surface area contributed by atoms with Crippen LogP contribution in [0.15, 0.2) is 27.2 Å². The smallest absolute Gasteiger partial charge is 0.251 e. The number of rotatable bonds is 8. The zero-order valence-corrected chi connectivity index (χ0v) is 18.0.